The smallest absolute Gasteiger partial charge is 0.289 e. The molecule has 0 spiro atoms. The van der Waals surface area contributed by atoms with Crippen molar-refractivity contribution in [2.45, 2.75) is 13.5 Å². The third-order valence-corrected chi connectivity index (χ3v) is 6.20. The fraction of sp³-hybridized carbons (Fsp3) is 0.250. The molecule has 1 aromatic carbocycles. The second kappa shape index (κ2) is 7.37. The van der Waals surface area contributed by atoms with Crippen LogP contribution in [0, 0.1) is 6.92 Å². The van der Waals surface area contributed by atoms with Crippen LogP contribution in [0.25, 0.3) is 10.2 Å². The van der Waals surface area contributed by atoms with Gasteiger partial charge in [-0.3, -0.25) is 4.79 Å². The molecule has 1 amide bonds. The van der Waals surface area contributed by atoms with Crippen LogP contribution in [0.2, 0.25) is 9.36 Å². The molecule has 0 unspecified atom stereocenters. The Balaban J connectivity index is 2.17. The highest BCUT2D eigenvalue weighted by atomic mass is 35.5. The predicted octanol–water partition coefficient (Wildman–Crippen LogP) is 4.77. The SMILES string of the molecule is COCCn1c(=NC(=O)c2ccc(Cl)s2)sc2ccc(Cl)c(C)c21. The van der Waals surface area contributed by atoms with Crippen molar-refractivity contribution in [1.82, 2.24) is 4.57 Å². The number of methoxy groups -OCH3 is 1. The van der Waals surface area contributed by atoms with Gasteiger partial charge in [0.05, 0.1) is 26.0 Å². The first-order valence-electron chi connectivity index (χ1n) is 7.13. The number of carbonyl (C=O) groups excluding carboxylic acids is 1. The highest BCUT2D eigenvalue weighted by Crippen LogP contribution is 2.27. The first kappa shape index (κ1) is 17.6. The lowest BCUT2D eigenvalue weighted by Gasteiger charge is -2.07. The summed E-state index contributed by atoms with van der Waals surface area (Å²) < 4.78 is 8.78. The number of thiazole rings is 1. The van der Waals surface area contributed by atoms with Crippen LogP contribution in [-0.4, -0.2) is 24.2 Å². The van der Waals surface area contributed by atoms with E-state index in [1.807, 2.05) is 23.6 Å². The molecular weight excluding hydrogens is 387 g/mol. The van der Waals surface area contributed by atoms with E-state index >= 15 is 0 Å². The summed E-state index contributed by atoms with van der Waals surface area (Å²) in [6.07, 6.45) is 0. The minimum absolute atomic E-state index is 0.298. The molecule has 0 atom stereocenters. The predicted molar refractivity (Wildman–Crippen MR) is 101 cm³/mol. The fourth-order valence-electron chi connectivity index (χ4n) is 2.36. The molecule has 24 heavy (non-hydrogen) atoms. The average molecular weight is 401 g/mol. The third-order valence-electron chi connectivity index (χ3n) is 3.53. The van der Waals surface area contributed by atoms with Crippen molar-refractivity contribution in [3.63, 3.8) is 0 Å². The van der Waals surface area contributed by atoms with Gasteiger partial charge in [0.1, 0.15) is 0 Å². The van der Waals surface area contributed by atoms with Gasteiger partial charge in [-0.25, -0.2) is 0 Å². The maximum Gasteiger partial charge on any atom is 0.289 e. The summed E-state index contributed by atoms with van der Waals surface area (Å²) >= 11 is 14.8. The van der Waals surface area contributed by atoms with Gasteiger partial charge in [-0.2, -0.15) is 4.99 Å². The number of aromatic nitrogens is 1. The standard InChI is InChI=1S/C16H14Cl2N2O2S2/c1-9-10(17)3-4-11-14(9)20(7-8-22-2)16(24-11)19-15(21)12-5-6-13(18)23-12/h3-6H,7-8H2,1-2H3. The zero-order valence-electron chi connectivity index (χ0n) is 13.0. The van der Waals surface area contributed by atoms with E-state index in [-0.39, 0.29) is 5.91 Å². The lowest BCUT2D eigenvalue weighted by Crippen LogP contribution is -2.19. The molecule has 0 saturated heterocycles. The molecule has 126 valence electrons. The molecule has 3 aromatic rings. The molecule has 4 nitrogen and oxygen atoms in total. The van der Waals surface area contributed by atoms with Crippen molar-refractivity contribution in [2.24, 2.45) is 4.99 Å². The molecular formula is C16H14Cl2N2O2S2. The summed E-state index contributed by atoms with van der Waals surface area (Å²) in [5.41, 5.74) is 1.95. The Labute approximate surface area is 156 Å². The van der Waals surface area contributed by atoms with Crippen molar-refractivity contribution in [2.75, 3.05) is 13.7 Å². The van der Waals surface area contributed by atoms with E-state index < -0.39 is 0 Å². The van der Waals surface area contributed by atoms with Gasteiger partial charge in [0.2, 0.25) is 0 Å². The van der Waals surface area contributed by atoms with Crippen molar-refractivity contribution in [3.8, 4) is 0 Å². The van der Waals surface area contributed by atoms with Gasteiger partial charge in [-0.1, -0.05) is 34.5 Å². The molecule has 0 radical (unpaired) electrons. The minimum Gasteiger partial charge on any atom is -0.383 e. The monoisotopic (exact) mass is 400 g/mol. The number of fused-ring (bicyclic) bond motifs is 1. The van der Waals surface area contributed by atoms with Crippen molar-refractivity contribution < 1.29 is 9.53 Å². The summed E-state index contributed by atoms with van der Waals surface area (Å²) in [5, 5.41) is 0.689. The Morgan fingerprint density at radius 3 is 2.71 bits per heavy atom. The van der Waals surface area contributed by atoms with Crippen molar-refractivity contribution in [3.05, 3.63) is 48.9 Å². The number of ether oxygens (including phenoxy) is 1. The molecule has 0 fully saturated rings. The molecule has 0 aliphatic carbocycles. The van der Waals surface area contributed by atoms with Gasteiger partial charge < -0.3 is 9.30 Å². The van der Waals surface area contributed by atoms with Crippen LogP contribution in [0.3, 0.4) is 0 Å². The molecule has 2 aromatic heterocycles. The second-order valence-corrected chi connectivity index (χ2v) is 8.20. The maximum atomic E-state index is 12.4. The van der Waals surface area contributed by atoms with Crippen LogP contribution >= 0.6 is 45.9 Å². The highest BCUT2D eigenvalue weighted by Gasteiger charge is 2.13. The number of hydrogen-bond donors (Lipinski definition) is 0. The van der Waals surface area contributed by atoms with Crippen molar-refractivity contribution >= 4 is 62.0 Å². The topological polar surface area (TPSA) is 43.6 Å². The first-order chi connectivity index (χ1) is 11.5. The van der Waals surface area contributed by atoms with E-state index in [2.05, 4.69) is 4.99 Å². The van der Waals surface area contributed by atoms with Crippen LogP contribution in [-0.2, 0) is 11.3 Å². The van der Waals surface area contributed by atoms with Crippen LogP contribution < -0.4 is 4.80 Å². The number of hydrogen-bond acceptors (Lipinski definition) is 4. The lowest BCUT2D eigenvalue weighted by molar-refractivity contribution is 0.100. The highest BCUT2D eigenvalue weighted by molar-refractivity contribution is 7.18. The third kappa shape index (κ3) is 3.43. The molecule has 8 heteroatoms. The number of benzene rings is 1. The minimum atomic E-state index is -0.298. The molecule has 0 N–H and O–H groups in total. The second-order valence-electron chi connectivity index (χ2n) is 5.07. The van der Waals surface area contributed by atoms with Gasteiger partial charge in [-0.05, 0) is 36.8 Å². The largest absolute Gasteiger partial charge is 0.383 e. The van der Waals surface area contributed by atoms with Gasteiger partial charge in [0.15, 0.2) is 4.80 Å². The number of amides is 1. The van der Waals surface area contributed by atoms with Gasteiger partial charge in [0.25, 0.3) is 5.91 Å². The zero-order valence-corrected chi connectivity index (χ0v) is 16.2. The number of thiophene rings is 1. The summed E-state index contributed by atoms with van der Waals surface area (Å²) in [5.74, 6) is -0.298. The Morgan fingerprint density at radius 1 is 1.25 bits per heavy atom. The number of rotatable bonds is 4. The molecule has 3 rings (SSSR count). The Morgan fingerprint density at radius 2 is 2.04 bits per heavy atom. The van der Waals surface area contributed by atoms with Gasteiger partial charge >= 0.3 is 0 Å². The Bertz CT molecular complexity index is 972. The van der Waals surface area contributed by atoms with Crippen LogP contribution in [0.1, 0.15) is 15.2 Å². The van der Waals surface area contributed by atoms with Crippen LogP contribution in [0.5, 0.6) is 0 Å². The summed E-state index contributed by atoms with van der Waals surface area (Å²) in [6.45, 7) is 3.07. The van der Waals surface area contributed by atoms with E-state index in [4.69, 9.17) is 27.9 Å². The normalized spacial score (nSPS) is 12.2. The lowest BCUT2D eigenvalue weighted by atomic mass is 10.2. The summed E-state index contributed by atoms with van der Waals surface area (Å²) in [7, 11) is 1.64. The molecule has 0 bridgehead atoms. The maximum absolute atomic E-state index is 12.4. The molecule has 0 aliphatic rings. The number of nitrogens with zero attached hydrogens (tertiary/aromatic N) is 2. The molecule has 2 heterocycles. The molecule has 0 saturated carbocycles. The molecule has 0 aliphatic heterocycles. The summed E-state index contributed by atoms with van der Waals surface area (Å²) in [6, 6.07) is 7.20. The van der Waals surface area contributed by atoms with Crippen molar-refractivity contribution in [1.29, 1.82) is 0 Å². The van der Waals surface area contributed by atoms with E-state index in [9.17, 15) is 4.79 Å². The number of carbonyl (C=O) groups is 1. The summed E-state index contributed by atoms with van der Waals surface area (Å²) in [4.78, 5) is 17.8. The number of halogens is 2. The zero-order chi connectivity index (χ0) is 17.3. The van der Waals surface area contributed by atoms with E-state index in [1.165, 1.54) is 22.7 Å². The average Bonchev–Trinajstić information content (AvgIpc) is 3.13. The Kier molecular flexibility index (Phi) is 5.42. The van der Waals surface area contributed by atoms with E-state index in [1.54, 1.807) is 19.2 Å². The van der Waals surface area contributed by atoms with Crippen LogP contribution in [0.15, 0.2) is 29.3 Å². The number of aryl methyl sites for hydroxylation is 1. The van der Waals surface area contributed by atoms with E-state index in [0.717, 1.165) is 15.8 Å². The fourth-order valence-corrected chi connectivity index (χ4v) is 4.56. The first-order valence-corrected chi connectivity index (χ1v) is 9.52. The van der Waals surface area contributed by atoms with E-state index in [0.29, 0.717) is 32.2 Å². The van der Waals surface area contributed by atoms with Gasteiger partial charge in [0, 0.05) is 18.7 Å². The van der Waals surface area contributed by atoms with Gasteiger partial charge in [-0.15, -0.1) is 11.3 Å². The Hall–Kier alpha value is -1.18. The van der Waals surface area contributed by atoms with Crippen LogP contribution in [0.4, 0.5) is 0 Å². The quantitative estimate of drug-likeness (QED) is 0.632.